The largest absolute Gasteiger partial charge is 0.495 e. The molecule has 0 fully saturated rings. The average Bonchev–Trinajstić information content (AvgIpc) is 2.92. The third-order valence-corrected chi connectivity index (χ3v) is 3.04. The molecule has 110 valence electrons. The molecule has 6 nitrogen and oxygen atoms in total. The topological polar surface area (TPSA) is 80.6 Å². The van der Waals surface area contributed by atoms with Crippen LogP contribution in [0.2, 0.25) is 0 Å². The number of ether oxygens (including phenoxy) is 1. The van der Waals surface area contributed by atoms with Crippen LogP contribution in [-0.2, 0) is 0 Å². The molecule has 0 saturated heterocycles. The van der Waals surface area contributed by atoms with E-state index in [1.807, 2.05) is 0 Å². The smallest absolute Gasteiger partial charge is 0.259 e. The lowest BCUT2D eigenvalue weighted by Gasteiger charge is -2.11. The Kier molecular flexibility index (Phi) is 4.27. The van der Waals surface area contributed by atoms with Crippen molar-refractivity contribution in [2.24, 2.45) is 0 Å². The molecule has 0 unspecified atom stereocenters. The Labute approximate surface area is 122 Å². The predicted octanol–water partition coefficient (Wildman–Crippen LogP) is 2.21. The molecule has 2 aromatic rings. The van der Waals surface area contributed by atoms with Crippen LogP contribution >= 0.6 is 0 Å². The summed E-state index contributed by atoms with van der Waals surface area (Å²) in [4.78, 5) is 23.8. The monoisotopic (exact) mass is 288 g/mol. The molecule has 0 spiro atoms. The SMILES string of the molecule is CNC(=O)c1ccc(OC)c(NC(=O)c2ccoc2C)c1. The molecular weight excluding hydrogens is 272 g/mol. The number of benzene rings is 1. The molecule has 1 aromatic heterocycles. The van der Waals surface area contributed by atoms with Crippen molar-refractivity contribution in [1.29, 1.82) is 0 Å². The molecular formula is C15H16N2O4. The van der Waals surface area contributed by atoms with Crippen molar-refractivity contribution in [3.63, 3.8) is 0 Å². The fraction of sp³-hybridized carbons (Fsp3) is 0.200. The third-order valence-electron chi connectivity index (χ3n) is 3.04. The number of anilines is 1. The van der Waals surface area contributed by atoms with Gasteiger partial charge in [-0.15, -0.1) is 0 Å². The van der Waals surface area contributed by atoms with Gasteiger partial charge in [0.25, 0.3) is 11.8 Å². The van der Waals surface area contributed by atoms with Crippen molar-refractivity contribution in [3.05, 3.63) is 47.4 Å². The zero-order valence-corrected chi connectivity index (χ0v) is 12.0. The van der Waals surface area contributed by atoms with Crippen LogP contribution in [0.5, 0.6) is 5.75 Å². The second-order valence-electron chi connectivity index (χ2n) is 4.34. The van der Waals surface area contributed by atoms with Crippen LogP contribution < -0.4 is 15.4 Å². The molecule has 21 heavy (non-hydrogen) atoms. The van der Waals surface area contributed by atoms with Crippen LogP contribution in [0.25, 0.3) is 0 Å². The Hall–Kier alpha value is -2.76. The quantitative estimate of drug-likeness (QED) is 0.904. The first kappa shape index (κ1) is 14.6. The second-order valence-corrected chi connectivity index (χ2v) is 4.34. The van der Waals surface area contributed by atoms with Gasteiger partial charge >= 0.3 is 0 Å². The van der Waals surface area contributed by atoms with E-state index in [0.717, 1.165) is 0 Å². The highest BCUT2D eigenvalue weighted by Gasteiger charge is 2.15. The number of amides is 2. The maximum atomic E-state index is 12.2. The van der Waals surface area contributed by atoms with Gasteiger partial charge in [0.1, 0.15) is 11.5 Å². The van der Waals surface area contributed by atoms with Gasteiger partial charge in [-0.2, -0.15) is 0 Å². The van der Waals surface area contributed by atoms with Gasteiger partial charge in [-0.25, -0.2) is 0 Å². The minimum absolute atomic E-state index is 0.243. The highest BCUT2D eigenvalue weighted by molar-refractivity contribution is 6.06. The molecule has 0 aliphatic heterocycles. The van der Waals surface area contributed by atoms with Crippen molar-refractivity contribution < 1.29 is 18.7 Å². The van der Waals surface area contributed by atoms with Crippen molar-refractivity contribution in [2.45, 2.75) is 6.92 Å². The summed E-state index contributed by atoms with van der Waals surface area (Å²) in [7, 11) is 3.04. The van der Waals surface area contributed by atoms with E-state index in [2.05, 4.69) is 10.6 Å². The van der Waals surface area contributed by atoms with Gasteiger partial charge < -0.3 is 19.8 Å². The Balaban J connectivity index is 2.31. The van der Waals surface area contributed by atoms with E-state index in [4.69, 9.17) is 9.15 Å². The van der Waals surface area contributed by atoms with Crippen molar-refractivity contribution in [2.75, 3.05) is 19.5 Å². The minimum atomic E-state index is -0.325. The van der Waals surface area contributed by atoms with Crippen molar-refractivity contribution >= 4 is 17.5 Å². The Morgan fingerprint density at radius 3 is 2.52 bits per heavy atom. The van der Waals surface area contributed by atoms with Gasteiger partial charge in [-0.3, -0.25) is 9.59 Å². The number of aryl methyl sites for hydroxylation is 1. The van der Waals surface area contributed by atoms with Crippen molar-refractivity contribution in [3.8, 4) is 5.75 Å². The lowest BCUT2D eigenvalue weighted by atomic mass is 10.1. The zero-order chi connectivity index (χ0) is 15.4. The van der Waals surface area contributed by atoms with Crippen molar-refractivity contribution in [1.82, 2.24) is 5.32 Å². The van der Waals surface area contributed by atoms with Gasteiger partial charge in [0.15, 0.2) is 0 Å². The molecule has 6 heteroatoms. The number of methoxy groups -OCH3 is 1. The molecule has 0 radical (unpaired) electrons. The fourth-order valence-corrected chi connectivity index (χ4v) is 1.90. The fourth-order valence-electron chi connectivity index (χ4n) is 1.90. The molecule has 0 saturated carbocycles. The molecule has 2 rings (SSSR count). The van der Waals surface area contributed by atoms with E-state index < -0.39 is 0 Å². The van der Waals surface area contributed by atoms with E-state index in [1.165, 1.54) is 13.4 Å². The Morgan fingerprint density at radius 2 is 1.95 bits per heavy atom. The molecule has 0 atom stereocenters. The van der Waals surface area contributed by atoms with Crippen LogP contribution in [-0.4, -0.2) is 26.0 Å². The van der Waals surface area contributed by atoms with Crippen LogP contribution in [0, 0.1) is 6.92 Å². The Morgan fingerprint density at radius 1 is 1.19 bits per heavy atom. The summed E-state index contributed by atoms with van der Waals surface area (Å²) in [6.45, 7) is 1.70. The lowest BCUT2D eigenvalue weighted by molar-refractivity contribution is 0.0961. The normalized spacial score (nSPS) is 10.0. The van der Waals surface area contributed by atoms with Gasteiger partial charge in [0.2, 0.25) is 0 Å². The first-order chi connectivity index (χ1) is 10.1. The standard InChI is InChI=1S/C15H16N2O4/c1-9-11(6-7-21-9)15(19)17-12-8-10(14(18)16-2)4-5-13(12)20-3/h4-8H,1-3H3,(H,16,18)(H,17,19). The highest BCUT2D eigenvalue weighted by atomic mass is 16.5. The van der Waals surface area contributed by atoms with E-state index >= 15 is 0 Å². The number of hydrogen-bond acceptors (Lipinski definition) is 4. The summed E-state index contributed by atoms with van der Waals surface area (Å²) in [5.41, 5.74) is 1.28. The first-order valence-electron chi connectivity index (χ1n) is 6.32. The number of furan rings is 1. The lowest BCUT2D eigenvalue weighted by Crippen LogP contribution is -2.19. The molecule has 0 bridgehead atoms. The first-order valence-corrected chi connectivity index (χ1v) is 6.32. The summed E-state index contributed by atoms with van der Waals surface area (Å²) in [6.07, 6.45) is 1.45. The van der Waals surface area contributed by atoms with Crippen LogP contribution in [0.3, 0.4) is 0 Å². The number of carbonyl (C=O) groups excluding carboxylic acids is 2. The summed E-state index contributed by atoms with van der Waals surface area (Å²) in [5.74, 6) is 0.423. The van der Waals surface area contributed by atoms with Gasteiger partial charge in [-0.05, 0) is 31.2 Å². The van der Waals surface area contributed by atoms with Gasteiger partial charge in [-0.1, -0.05) is 0 Å². The molecule has 1 heterocycles. The van der Waals surface area contributed by atoms with Gasteiger partial charge in [0, 0.05) is 12.6 Å². The summed E-state index contributed by atoms with van der Waals surface area (Å²) >= 11 is 0. The number of nitrogens with one attached hydrogen (secondary N) is 2. The molecule has 2 N–H and O–H groups in total. The van der Waals surface area contributed by atoms with Crippen LogP contribution in [0.15, 0.2) is 34.9 Å². The maximum Gasteiger partial charge on any atom is 0.259 e. The number of hydrogen-bond donors (Lipinski definition) is 2. The average molecular weight is 288 g/mol. The zero-order valence-electron chi connectivity index (χ0n) is 12.0. The summed E-state index contributed by atoms with van der Waals surface area (Å²) in [6, 6.07) is 6.39. The van der Waals surface area contributed by atoms with Crippen LogP contribution in [0.1, 0.15) is 26.5 Å². The minimum Gasteiger partial charge on any atom is -0.495 e. The molecule has 0 aliphatic carbocycles. The van der Waals surface area contributed by atoms with E-state index in [9.17, 15) is 9.59 Å². The van der Waals surface area contributed by atoms with E-state index in [1.54, 1.807) is 38.2 Å². The number of rotatable bonds is 4. The highest BCUT2D eigenvalue weighted by Crippen LogP contribution is 2.26. The summed E-state index contributed by atoms with van der Waals surface area (Å²) < 4.78 is 10.3. The van der Waals surface area contributed by atoms with E-state index in [-0.39, 0.29) is 11.8 Å². The molecule has 0 aliphatic rings. The van der Waals surface area contributed by atoms with Gasteiger partial charge in [0.05, 0.1) is 24.6 Å². The third kappa shape index (κ3) is 3.05. The van der Waals surface area contributed by atoms with E-state index in [0.29, 0.717) is 28.3 Å². The second kappa shape index (κ2) is 6.13. The molecule has 2 amide bonds. The molecule has 1 aromatic carbocycles. The maximum absolute atomic E-state index is 12.2. The predicted molar refractivity (Wildman–Crippen MR) is 77.8 cm³/mol. The number of carbonyl (C=O) groups is 2. The van der Waals surface area contributed by atoms with Crippen LogP contribution in [0.4, 0.5) is 5.69 Å². The summed E-state index contributed by atoms with van der Waals surface area (Å²) in [5, 5.41) is 5.25. The Bertz CT molecular complexity index is 676.